The van der Waals surface area contributed by atoms with Crippen molar-refractivity contribution in [2.24, 2.45) is 0 Å². The zero-order valence-electron chi connectivity index (χ0n) is 43.1. The van der Waals surface area contributed by atoms with Gasteiger partial charge in [-0.25, -0.2) is 9.59 Å². The second kappa shape index (κ2) is 28.0. The van der Waals surface area contributed by atoms with Gasteiger partial charge in [-0.3, -0.25) is 9.59 Å². The van der Waals surface area contributed by atoms with Gasteiger partial charge >= 0.3 is 23.9 Å². The highest BCUT2D eigenvalue weighted by atomic mass is 16.8. The van der Waals surface area contributed by atoms with E-state index < -0.39 is 210 Å². The van der Waals surface area contributed by atoms with Crippen LogP contribution in [0.5, 0.6) is 5.75 Å². The number of phenolic OH excluding ortho intramolecular Hbond substituents is 1. The van der Waals surface area contributed by atoms with E-state index in [2.05, 4.69) is 0 Å². The fourth-order valence-electron chi connectivity index (χ4n) is 9.41. The van der Waals surface area contributed by atoms with Gasteiger partial charge in [0, 0.05) is 19.9 Å². The number of phenols is 1. The first-order valence-electron chi connectivity index (χ1n) is 25.2. The van der Waals surface area contributed by atoms with Crippen molar-refractivity contribution in [1.82, 2.24) is 0 Å². The number of esters is 4. The summed E-state index contributed by atoms with van der Waals surface area (Å²) in [5.41, 5.74) is 0.268. The summed E-state index contributed by atoms with van der Waals surface area (Å²) in [6.07, 6.45) is -45.7. The fraction of sp³-hybridized carbons (Fsp3) is 0.640. The largest absolute Gasteiger partial charge is 0.508 e. The number of hydrogen-bond acceptors (Lipinski definition) is 31. The SMILES string of the molecule is CC(=O)OC[C@H]1O[C@H](O[C@@H]2[C@@H](O[C@@H]3O[C@H](CO)[C@@H](O)[C@H](O)[C@H]3O)[C@@H](O[C@]3(COC(=O)/C=C/c4ccc(O)cc4)O[C@H](CO)[C@@H](O)[C@H]3OC(=O)c3ccccc3)O[C@H](CO)[C@H]2OC(C)=O)[C@H](O)[C@@H](O[C@H]2O[C@H](CO)[C@@H](O)[C@H](O)[C@H]2O)[C@@H]1O. The Kier molecular flexibility index (Phi) is 22.0. The molecule has 2 aromatic rings. The lowest BCUT2D eigenvalue weighted by molar-refractivity contribution is -0.423. The lowest BCUT2D eigenvalue weighted by Gasteiger charge is -2.51. The summed E-state index contributed by atoms with van der Waals surface area (Å²) in [5, 5.41) is 152. The molecule has 0 amide bonds. The number of aliphatic hydroxyl groups is 13. The highest BCUT2D eigenvalue weighted by Crippen LogP contribution is 2.42. The van der Waals surface area contributed by atoms with Crippen LogP contribution < -0.4 is 0 Å². The average molecular weight is 1160 g/mol. The number of carbonyl (C=O) groups is 4. The van der Waals surface area contributed by atoms with Gasteiger partial charge < -0.3 is 133 Å². The molecule has 5 heterocycles. The van der Waals surface area contributed by atoms with E-state index in [-0.39, 0.29) is 11.3 Å². The number of ether oxygens (including phenoxy) is 13. The van der Waals surface area contributed by atoms with Crippen molar-refractivity contribution in [2.45, 2.75) is 161 Å². The molecular formula is C50H66O31. The molecule has 5 saturated heterocycles. The van der Waals surface area contributed by atoms with Crippen molar-refractivity contribution < 1.29 is 152 Å². The van der Waals surface area contributed by atoms with Gasteiger partial charge in [0.2, 0.25) is 5.79 Å². The van der Waals surface area contributed by atoms with Crippen molar-refractivity contribution in [3.05, 3.63) is 71.8 Å². The summed E-state index contributed by atoms with van der Waals surface area (Å²) in [4.78, 5) is 52.5. The topological polar surface area (TPSA) is 471 Å². The second-order valence-electron chi connectivity index (χ2n) is 19.3. The van der Waals surface area contributed by atoms with E-state index in [0.717, 1.165) is 19.9 Å². The number of aliphatic hydroxyl groups excluding tert-OH is 13. The zero-order valence-corrected chi connectivity index (χ0v) is 43.1. The molecule has 452 valence electrons. The van der Waals surface area contributed by atoms with Crippen LogP contribution in [0.4, 0.5) is 0 Å². The molecule has 5 aliphatic heterocycles. The Morgan fingerprint density at radius 1 is 0.519 bits per heavy atom. The molecule has 0 radical (unpaired) electrons. The number of benzene rings is 2. The Balaban J connectivity index is 1.35. The Labute approximate surface area is 459 Å². The summed E-state index contributed by atoms with van der Waals surface area (Å²) in [5.74, 6) is -7.40. The van der Waals surface area contributed by atoms with Crippen molar-refractivity contribution in [2.75, 3.05) is 39.6 Å². The fourth-order valence-corrected chi connectivity index (χ4v) is 9.41. The number of aromatic hydroxyl groups is 1. The molecule has 0 saturated carbocycles. The lowest BCUT2D eigenvalue weighted by atomic mass is 9.95. The van der Waals surface area contributed by atoms with E-state index in [1.807, 2.05) is 0 Å². The van der Waals surface area contributed by atoms with Crippen LogP contribution in [-0.4, -0.2) is 282 Å². The molecule has 31 heteroatoms. The van der Waals surface area contributed by atoms with E-state index in [1.165, 1.54) is 54.6 Å². The first-order valence-corrected chi connectivity index (χ1v) is 25.2. The van der Waals surface area contributed by atoms with E-state index in [9.17, 15) is 90.7 Å². The number of hydrogen-bond donors (Lipinski definition) is 14. The zero-order chi connectivity index (χ0) is 59.0. The van der Waals surface area contributed by atoms with Gasteiger partial charge in [-0.1, -0.05) is 30.3 Å². The number of carbonyl (C=O) groups excluding carboxylic acids is 4. The van der Waals surface area contributed by atoms with Crippen LogP contribution >= 0.6 is 0 Å². The molecule has 0 aliphatic carbocycles. The minimum atomic E-state index is -2.91. The third-order valence-electron chi connectivity index (χ3n) is 13.7. The van der Waals surface area contributed by atoms with E-state index in [0.29, 0.717) is 5.56 Å². The normalized spacial score (nSPS) is 39.9. The van der Waals surface area contributed by atoms with Gasteiger partial charge in [0.1, 0.15) is 123 Å². The second-order valence-corrected chi connectivity index (χ2v) is 19.3. The molecule has 0 aromatic heterocycles. The van der Waals surface area contributed by atoms with Crippen LogP contribution in [0.1, 0.15) is 29.8 Å². The van der Waals surface area contributed by atoms with Crippen LogP contribution in [0.3, 0.4) is 0 Å². The summed E-state index contributed by atoms with van der Waals surface area (Å²) in [7, 11) is 0. The maximum atomic E-state index is 13.9. The summed E-state index contributed by atoms with van der Waals surface area (Å²) >= 11 is 0. The van der Waals surface area contributed by atoms with E-state index in [4.69, 9.17) is 61.6 Å². The van der Waals surface area contributed by atoms with Crippen LogP contribution in [0.15, 0.2) is 60.7 Å². The third-order valence-corrected chi connectivity index (χ3v) is 13.7. The minimum absolute atomic E-state index is 0.0935. The summed E-state index contributed by atoms with van der Waals surface area (Å²) < 4.78 is 76.4. The number of rotatable bonds is 21. The van der Waals surface area contributed by atoms with Crippen molar-refractivity contribution in [3.63, 3.8) is 0 Å². The Hall–Kier alpha value is -5.02. The molecular weight excluding hydrogens is 1100 g/mol. The molecule has 2 aromatic carbocycles. The van der Waals surface area contributed by atoms with Gasteiger partial charge in [0.25, 0.3) is 0 Å². The first kappa shape index (κ1) is 63.6. The molecule has 7 rings (SSSR count). The predicted octanol–water partition coefficient (Wildman–Crippen LogP) is -6.95. The highest BCUT2D eigenvalue weighted by Gasteiger charge is 2.64. The van der Waals surface area contributed by atoms with Gasteiger partial charge in [-0.2, -0.15) is 0 Å². The van der Waals surface area contributed by atoms with Crippen LogP contribution in [0, 0.1) is 0 Å². The molecule has 24 atom stereocenters. The monoisotopic (exact) mass is 1160 g/mol. The lowest BCUT2D eigenvalue weighted by Crippen LogP contribution is -2.69. The van der Waals surface area contributed by atoms with Crippen molar-refractivity contribution in [3.8, 4) is 5.75 Å². The molecule has 0 unspecified atom stereocenters. The standard InChI is InChI=1S/C50H66O31/c1-20(55)69-18-29-33(61)41(76-46-37(65)35(63)31(59)25(14-51)72-46)39(67)48(75-29)77-42-40(71-21(2)56)28(17-54)74-49(43(42)78-47-38(66)36(64)32(60)26(15-52)73-47)81-50(19-70-30(58)13-10-22-8-11-24(57)12-9-22)44(34(62)27(16-53)80-50)79-45(68)23-6-4-3-5-7-23/h3-13,25-29,31-44,46-49,51-54,57,59-67H,14-19H2,1-2H3/b13-10+/t25-,26-,27-,28-,29-,31-,32-,33-,34-,35+,36+,37-,38-,39-,40-,41+,42+,43-,44-,46-,47+,48-,49-,50+/m1/s1. The molecule has 5 aliphatic rings. The van der Waals surface area contributed by atoms with Crippen LogP contribution in [0.25, 0.3) is 6.08 Å². The smallest absolute Gasteiger partial charge is 0.338 e. The van der Waals surface area contributed by atoms with E-state index in [1.54, 1.807) is 6.07 Å². The molecule has 31 nitrogen and oxygen atoms in total. The third kappa shape index (κ3) is 14.7. The Morgan fingerprint density at radius 2 is 1.05 bits per heavy atom. The van der Waals surface area contributed by atoms with Crippen molar-refractivity contribution >= 4 is 30.0 Å². The quantitative estimate of drug-likeness (QED) is 0.0314. The van der Waals surface area contributed by atoms with Crippen LogP contribution in [0.2, 0.25) is 0 Å². The van der Waals surface area contributed by atoms with Crippen molar-refractivity contribution in [1.29, 1.82) is 0 Å². The summed E-state index contributed by atoms with van der Waals surface area (Å²) in [6, 6.07) is 12.6. The van der Waals surface area contributed by atoms with Gasteiger partial charge in [0.15, 0.2) is 37.4 Å². The molecule has 14 N–H and O–H groups in total. The maximum Gasteiger partial charge on any atom is 0.338 e. The van der Waals surface area contributed by atoms with Gasteiger partial charge in [0.05, 0.1) is 32.0 Å². The Bertz CT molecular complexity index is 2400. The molecule has 0 bridgehead atoms. The molecule has 5 fully saturated rings. The molecule has 81 heavy (non-hydrogen) atoms. The molecule has 0 spiro atoms. The first-order chi connectivity index (χ1) is 38.5. The van der Waals surface area contributed by atoms with E-state index >= 15 is 0 Å². The maximum absolute atomic E-state index is 13.9. The highest BCUT2D eigenvalue weighted by molar-refractivity contribution is 5.89. The minimum Gasteiger partial charge on any atom is -0.508 e. The Morgan fingerprint density at radius 3 is 1.60 bits per heavy atom. The van der Waals surface area contributed by atoms with Crippen LogP contribution in [-0.2, 0) is 76.0 Å². The summed E-state index contributed by atoms with van der Waals surface area (Å²) in [6.45, 7) is -4.41. The average Bonchev–Trinajstić information content (AvgIpc) is 3.60. The van der Waals surface area contributed by atoms with Gasteiger partial charge in [-0.15, -0.1) is 0 Å². The van der Waals surface area contributed by atoms with Gasteiger partial charge in [-0.05, 0) is 35.9 Å². The predicted molar refractivity (Wildman–Crippen MR) is 256 cm³/mol.